The molecule has 0 fully saturated rings. The smallest absolute Gasteiger partial charge is 0.347 e. The second kappa shape index (κ2) is 14.7. The molecule has 4 rings (SSSR count). The SMILES string of the molecule is CCOC(=O)C(Cc1ccc(OCCO/N=C(/C)c2ccc(-c3ccccn3)cc2)cc1)Oc1ccc(Cl)cc1. The van der Waals surface area contributed by atoms with Crippen molar-refractivity contribution >= 4 is 23.3 Å². The third-order valence-corrected chi connectivity index (χ3v) is 6.15. The van der Waals surface area contributed by atoms with E-state index in [1.165, 1.54) is 0 Å². The van der Waals surface area contributed by atoms with Crippen LogP contribution in [-0.4, -0.2) is 42.6 Å². The van der Waals surface area contributed by atoms with Crippen LogP contribution in [0.25, 0.3) is 11.3 Å². The number of ether oxygens (including phenoxy) is 3. The molecule has 206 valence electrons. The zero-order chi connectivity index (χ0) is 28.2. The summed E-state index contributed by atoms with van der Waals surface area (Å²) in [7, 11) is 0. The maximum absolute atomic E-state index is 12.5. The monoisotopic (exact) mass is 558 g/mol. The van der Waals surface area contributed by atoms with E-state index in [9.17, 15) is 4.79 Å². The Morgan fingerprint density at radius 1 is 0.900 bits per heavy atom. The molecule has 1 unspecified atom stereocenters. The van der Waals surface area contributed by atoms with E-state index in [2.05, 4.69) is 10.1 Å². The van der Waals surface area contributed by atoms with Crippen LogP contribution in [0, 0.1) is 0 Å². The van der Waals surface area contributed by atoms with Gasteiger partial charge in [0.1, 0.15) is 18.1 Å². The summed E-state index contributed by atoms with van der Waals surface area (Å²) in [6.07, 6.45) is 1.34. The van der Waals surface area contributed by atoms with E-state index < -0.39 is 12.1 Å². The third-order valence-electron chi connectivity index (χ3n) is 5.89. The second-order valence-electron chi connectivity index (χ2n) is 8.81. The Balaban J connectivity index is 1.24. The lowest BCUT2D eigenvalue weighted by Gasteiger charge is -2.18. The van der Waals surface area contributed by atoms with Gasteiger partial charge in [-0.25, -0.2) is 4.79 Å². The molecule has 0 saturated heterocycles. The summed E-state index contributed by atoms with van der Waals surface area (Å²) in [5, 5.41) is 4.79. The van der Waals surface area contributed by atoms with Gasteiger partial charge in [0.2, 0.25) is 0 Å². The predicted octanol–water partition coefficient (Wildman–Crippen LogP) is 6.77. The number of halogens is 1. The number of carbonyl (C=O) groups excluding carboxylic acids is 1. The molecule has 0 spiro atoms. The Labute approximate surface area is 239 Å². The first-order chi connectivity index (χ1) is 19.5. The highest BCUT2D eigenvalue weighted by Crippen LogP contribution is 2.21. The van der Waals surface area contributed by atoms with Crippen LogP contribution >= 0.6 is 11.6 Å². The zero-order valence-corrected chi connectivity index (χ0v) is 23.2. The number of carbonyl (C=O) groups is 1. The summed E-state index contributed by atoms with van der Waals surface area (Å²) in [5.41, 5.74) is 4.62. The number of nitrogens with zero attached hydrogens (tertiary/aromatic N) is 2. The van der Waals surface area contributed by atoms with Crippen LogP contribution in [0.5, 0.6) is 11.5 Å². The predicted molar refractivity (Wildman–Crippen MR) is 156 cm³/mol. The van der Waals surface area contributed by atoms with Gasteiger partial charge in [0, 0.05) is 23.2 Å². The van der Waals surface area contributed by atoms with Gasteiger partial charge in [-0.05, 0) is 73.5 Å². The number of oxime groups is 1. The Kier molecular flexibility index (Phi) is 10.5. The molecule has 1 heterocycles. The minimum Gasteiger partial charge on any atom is -0.490 e. The second-order valence-corrected chi connectivity index (χ2v) is 9.25. The van der Waals surface area contributed by atoms with Gasteiger partial charge in [-0.2, -0.15) is 0 Å². The van der Waals surface area contributed by atoms with Crippen molar-refractivity contribution in [3.05, 3.63) is 113 Å². The number of rotatable bonds is 13. The van der Waals surface area contributed by atoms with Crippen LogP contribution in [0.15, 0.2) is 102 Å². The Hall–Kier alpha value is -4.36. The van der Waals surface area contributed by atoms with Gasteiger partial charge in [0.05, 0.1) is 18.0 Å². The minimum atomic E-state index is -0.784. The van der Waals surface area contributed by atoms with Crippen molar-refractivity contribution in [3.8, 4) is 22.8 Å². The van der Waals surface area contributed by atoms with Crippen molar-refractivity contribution in [1.82, 2.24) is 4.98 Å². The lowest BCUT2D eigenvalue weighted by atomic mass is 10.1. The Morgan fingerprint density at radius 3 is 2.30 bits per heavy atom. The van der Waals surface area contributed by atoms with Gasteiger partial charge in [0.15, 0.2) is 12.7 Å². The molecule has 0 aliphatic heterocycles. The Bertz CT molecular complexity index is 1380. The molecule has 1 atom stereocenters. The number of hydrogen-bond acceptors (Lipinski definition) is 7. The molecule has 3 aromatic carbocycles. The highest BCUT2D eigenvalue weighted by atomic mass is 35.5. The van der Waals surface area contributed by atoms with E-state index in [1.807, 2.05) is 73.7 Å². The first kappa shape index (κ1) is 28.6. The van der Waals surface area contributed by atoms with E-state index in [-0.39, 0.29) is 6.61 Å². The van der Waals surface area contributed by atoms with Crippen LogP contribution in [0.2, 0.25) is 5.02 Å². The first-order valence-electron chi connectivity index (χ1n) is 13.0. The number of hydrogen-bond donors (Lipinski definition) is 0. The molecule has 40 heavy (non-hydrogen) atoms. The Morgan fingerprint density at radius 2 is 1.62 bits per heavy atom. The van der Waals surface area contributed by atoms with Crippen LogP contribution in [0.3, 0.4) is 0 Å². The van der Waals surface area contributed by atoms with Gasteiger partial charge in [0.25, 0.3) is 0 Å². The van der Waals surface area contributed by atoms with E-state index in [0.29, 0.717) is 36.2 Å². The van der Waals surface area contributed by atoms with Crippen molar-refractivity contribution in [1.29, 1.82) is 0 Å². The third kappa shape index (κ3) is 8.58. The molecule has 4 aromatic rings. The van der Waals surface area contributed by atoms with Gasteiger partial charge in [-0.1, -0.05) is 59.2 Å². The lowest BCUT2D eigenvalue weighted by Crippen LogP contribution is -2.31. The first-order valence-corrected chi connectivity index (χ1v) is 13.4. The maximum Gasteiger partial charge on any atom is 0.347 e. The van der Waals surface area contributed by atoms with Crippen molar-refractivity contribution < 1.29 is 23.8 Å². The van der Waals surface area contributed by atoms with Crippen molar-refractivity contribution in [2.45, 2.75) is 26.4 Å². The highest BCUT2D eigenvalue weighted by molar-refractivity contribution is 6.30. The molecule has 8 heteroatoms. The van der Waals surface area contributed by atoms with E-state index in [4.69, 9.17) is 30.6 Å². The molecule has 1 aromatic heterocycles. The van der Waals surface area contributed by atoms with Gasteiger partial charge in [-0.15, -0.1) is 0 Å². The number of pyridine rings is 1. The molecule has 0 saturated carbocycles. The van der Waals surface area contributed by atoms with Gasteiger partial charge >= 0.3 is 5.97 Å². The number of aromatic nitrogens is 1. The number of esters is 1. The topological polar surface area (TPSA) is 79.2 Å². The normalized spacial score (nSPS) is 11.9. The molecule has 0 amide bonds. The summed E-state index contributed by atoms with van der Waals surface area (Å²) < 4.78 is 16.9. The molecule has 7 nitrogen and oxygen atoms in total. The van der Waals surface area contributed by atoms with Crippen molar-refractivity contribution in [2.24, 2.45) is 5.16 Å². The summed E-state index contributed by atoms with van der Waals surface area (Å²) in [5.74, 6) is 0.807. The maximum atomic E-state index is 12.5. The minimum absolute atomic E-state index is 0.274. The summed E-state index contributed by atoms with van der Waals surface area (Å²) >= 11 is 5.95. The molecule has 0 bridgehead atoms. The van der Waals surface area contributed by atoms with Crippen LogP contribution in [-0.2, 0) is 20.8 Å². The van der Waals surface area contributed by atoms with Crippen LogP contribution in [0.1, 0.15) is 25.0 Å². The molecule has 0 radical (unpaired) electrons. The summed E-state index contributed by atoms with van der Waals surface area (Å²) in [4.78, 5) is 22.3. The molecule has 0 aliphatic carbocycles. The average Bonchev–Trinajstić information content (AvgIpc) is 2.99. The van der Waals surface area contributed by atoms with Gasteiger partial charge < -0.3 is 19.0 Å². The standard InChI is InChI=1S/C32H31ClN2O5/c1-3-37-32(36)31(40-29-17-13-27(33)14-18-29)22-24-7-15-28(16-8-24)38-20-21-39-35-23(2)25-9-11-26(12-10-25)30-6-4-5-19-34-30/h4-19,31H,3,20-22H2,1-2H3/b35-23-. The molecule has 0 aliphatic rings. The van der Waals surface area contributed by atoms with E-state index in [0.717, 1.165) is 28.1 Å². The molecular formula is C32H31ClN2O5. The lowest BCUT2D eigenvalue weighted by molar-refractivity contribution is -0.151. The fourth-order valence-electron chi connectivity index (χ4n) is 3.83. The fraction of sp³-hybridized carbons (Fsp3) is 0.219. The van der Waals surface area contributed by atoms with E-state index >= 15 is 0 Å². The molecular weight excluding hydrogens is 528 g/mol. The van der Waals surface area contributed by atoms with Crippen LogP contribution in [0.4, 0.5) is 0 Å². The average molecular weight is 559 g/mol. The fourth-order valence-corrected chi connectivity index (χ4v) is 3.96. The summed E-state index contributed by atoms with van der Waals surface area (Å²) in [6, 6.07) is 28.2. The quantitative estimate of drug-likeness (QED) is 0.0779. The zero-order valence-electron chi connectivity index (χ0n) is 22.5. The van der Waals surface area contributed by atoms with Gasteiger partial charge in [-0.3, -0.25) is 4.98 Å². The number of benzene rings is 3. The van der Waals surface area contributed by atoms with Crippen molar-refractivity contribution in [2.75, 3.05) is 19.8 Å². The van der Waals surface area contributed by atoms with Crippen molar-refractivity contribution in [3.63, 3.8) is 0 Å². The molecule has 0 N–H and O–H groups in total. The summed E-state index contributed by atoms with van der Waals surface area (Å²) in [6.45, 7) is 4.57. The largest absolute Gasteiger partial charge is 0.490 e. The highest BCUT2D eigenvalue weighted by Gasteiger charge is 2.22. The van der Waals surface area contributed by atoms with Crippen LogP contribution < -0.4 is 9.47 Å². The van der Waals surface area contributed by atoms with E-state index in [1.54, 1.807) is 37.4 Å².